The van der Waals surface area contributed by atoms with Crippen LogP contribution >= 0.6 is 23.2 Å². The molecule has 9 heteroatoms. The van der Waals surface area contributed by atoms with Crippen molar-refractivity contribution in [3.05, 3.63) is 87.4 Å². The second-order valence-corrected chi connectivity index (χ2v) is 7.59. The van der Waals surface area contributed by atoms with Crippen molar-refractivity contribution in [3.63, 3.8) is 0 Å². The minimum Gasteiger partial charge on any atom is -0.493 e. The van der Waals surface area contributed by atoms with Gasteiger partial charge in [-0.3, -0.25) is 4.79 Å². The second kappa shape index (κ2) is 11.4. The molecule has 0 unspecified atom stereocenters. The van der Waals surface area contributed by atoms with Crippen LogP contribution in [0.4, 0.5) is 0 Å². The molecule has 3 aromatic carbocycles. The van der Waals surface area contributed by atoms with E-state index in [2.05, 4.69) is 10.5 Å². The smallest absolute Gasteiger partial charge is 0.345 e. The third kappa shape index (κ3) is 6.71. The van der Waals surface area contributed by atoms with Gasteiger partial charge in [0, 0.05) is 5.02 Å². The van der Waals surface area contributed by atoms with Crippen LogP contribution in [0.25, 0.3) is 0 Å². The lowest BCUT2D eigenvalue weighted by atomic mass is 10.1. The number of carbonyl (C=O) groups is 2. The fourth-order valence-corrected chi connectivity index (χ4v) is 3.32. The summed E-state index contributed by atoms with van der Waals surface area (Å²) < 4.78 is 15.7. The Morgan fingerprint density at radius 2 is 1.67 bits per heavy atom. The normalized spacial score (nSPS) is 10.7. The molecule has 0 bridgehead atoms. The fourth-order valence-electron chi connectivity index (χ4n) is 2.83. The zero-order chi connectivity index (χ0) is 23.8. The quantitative estimate of drug-likeness (QED) is 0.211. The number of hydrogen-bond donors (Lipinski definition) is 1. The molecule has 0 atom stereocenters. The zero-order valence-corrected chi connectivity index (χ0v) is 19.3. The van der Waals surface area contributed by atoms with Crippen LogP contribution in [0.2, 0.25) is 10.0 Å². The van der Waals surface area contributed by atoms with E-state index in [1.165, 1.54) is 25.5 Å². The zero-order valence-electron chi connectivity index (χ0n) is 17.8. The summed E-state index contributed by atoms with van der Waals surface area (Å²) in [5.41, 5.74) is 4.14. The lowest BCUT2D eigenvalue weighted by Gasteiger charge is -2.09. The average molecular weight is 487 g/mol. The van der Waals surface area contributed by atoms with E-state index in [1.807, 2.05) is 0 Å². The summed E-state index contributed by atoms with van der Waals surface area (Å²) in [6, 6.07) is 16.4. The van der Waals surface area contributed by atoms with Gasteiger partial charge in [0.15, 0.2) is 11.5 Å². The average Bonchev–Trinajstić information content (AvgIpc) is 2.80. The molecule has 0 aliphatic rings. The molecule has 0 saturated carbocycles. The molecule has 0 radical (unpaired) electrons. The summed E-state index contributed by atoms with van der Waals surface area (Å²) in [4.78, 5) is 24.4. The van der Waals surface area contributed by atoms with E-state index in [4.69, 9.17) is 37.4 Å². The Balaban J connectivity index is 1.53. The van der Waals surface area contributed by atoms with Crippen molar-refractivity contribution >= 4 is 41.3 Å². The number of benzene rings is 3. The number of carbonyl (C=O) groups excluding carboxylic acids is 2. The van der Waals surface area contributed by atoms with Gasteiger partial charge < -0.3 is 14.2 Å². The first-order chi connectivity index (χ1) is 15.9. The molecule has 0 aliphatic carbocycles. The van der Waals surface area contributed by atoms with Crippen LogP contribution in [0, 0.1) is 0 Å². The summed E-state index contributed by atoms with van der Waals surface area (Å²) in [6.45, 7) is 0. The summed E-state index contributed by atoms with van der Waals surface area (Å²) in [5.74, 6) is 0.584. The molecule has 0 fully saturated rings. The van der Waals surface area contributed by atoms with E-state index in [0.29, 0.717) is 27.8 Å². The Labute approximate surface area is 200 Å². The van der Waals surface area contributed by atoms with Crippen molar-refractivity contribution < 1.29 is 23.8 Å². The van der Waals surface area contributed by atoms with Gasteiger partial charge in [-0.25, -0.2) is 10.2 Å². The summed E-state index contributed by atoms with van der Waals surface area (Å²) in [6.07, 6.45) is 1.61. The number of methoxy groups -OCH3 is 2. The van der Waals surface area contributed by atoms with E-state index < -0.39 is 5.97 Å². The fraction of sp³-hybridized carbons (Fsp3) is 0.125. The number of hydrazone groups is 1. The molecule has 0 aliphatic heterocycles. The molecule has 0 saturated heterocycles. The first-order valence-corrected chi connectivity index (χ1v) is 10.5. The van der Waals surface area contributed by atoms with Crippen molar-refractivity contribution in [3.8, 4) is 17.2 Å². The molecular weight excluding hydrogens is 467 g/mol. The van der Waals surface area contributed by atoms with Gasteiger partial charge in [0.25, 0.3) is 0 Å². The van der Waals surface area contributed by atoms with Gasteiger partial charge in [-0.1, -0.05) is 29.3 Å². The maximum Gasteiger partial charge on any atom is 0.345 e. The highest BCUT2D eigenvalue weighted by Gasteiger charge is 2.13. The van der Waals surface area contributed by atoms with Crippen molar-refractivity contribution in [1.29, 1.82) is 0 Å². The van der Waals surface area contributed by atoms with Crippen molar-refractivity contribution in [1.82, 2.24) is 5.43 Å². The number of nitrogens with zero attached hydrogens (tertiary/aromatic N) is 1. The molecule has 3 aromatic rings. The predicted molar refractivity (Wildman–Crippen MR) is 127 cm³/mol. The van der Waals surface area contributed by atoms with Crippen molar-refractivity contribution in [2.24, 2.45) is 5.10 Å². The van der Waals surface area contributed by atoms with Gasteiger partial charge in [-0.2, -0.15) is 5.10 Å². The van der Waals surface area contributed by atoms with Gasteiger partial charge in [0.2, 0.25) is 5.91 Å². The monoisotopic (exact) mass is 486 g/mol. The third-order valence-electron chi connectivity index (χ3n) is 4.46. The highest BCUT2D eigenvalue weighted by atomic mass is 35.5. The highest BCUT2D eigenvalue weighted by Crippen LogP contribution is 2.27. The standard InChI is InChI=1S/C24H20Cl2N2O5/c1-31-21-10-5-16(11-22(21)32-2)12-23(29)28-27-14-15-3-7-18(8-4-15)33-24(30)19-9-6-17(25)13-20(19)26/h3-11,13-14H,12H2,1-2H3,(H,28,29). The lowest BCUT2D eigenvalue weighted by molar-refractivity contribution is -0.120. The largest absolute Gasteiger partial charge is 0.493 e. The summed E-state index contributed by atoms with van der Waals surface area (Å²) in [5, 5.41) is 4.59. The van der Waals surface area contributed by atoms with Crippen LogP contribution in [0.5, 0.6) is 17.2 Å². The van der Waals surface area contributed by atoms with Crippen LogP contribution < -0.4 is 19.6 Å². The molecule has 3 rings (SSSR count). The topological polar surface area (TPSA) is 86.2 Å². The number of rotatable bonds is 8. The van der Waals surface area contributed by atoms with E-state index in [9.17, 15) is 9.59 Å². The molecule has 0 heterocycles. The maximum atomic E-state index is 12.3. The van der Waals surface area contributed by atoms with Crippen molar-refractivity contribution in [2.75, 3.05) is 14.2 Å². The number of halogens is 2. The Hall–Kier alpha value is -3.55. The summed E-state index contributed by atoms with van der Waals surface area (Å²) in [7, 11) is 3.08. The van der Waals surface area contributed by atoms with Crippen LogP contribution in [0.15, 0.2) is 65.8 Å². The minimum atomic E-state index is -0.597. The van der Waals surface area contributed by atoms with Crippen LogP contribution in [0.1, 0.15) is 21.5 Å². The first kappa shape index (κ1) is 24.1. The van der Waals surface area contributed by atoms with E-state index in [1.54, 1.807) is 55.6 Å². The van der Waals surface area contributed by atoms with Crippen molar-refractivity contribution in [2.45, 2.75) is 6.42 Å². The van der Waals surface area contributed by atoms with Gasteiger partial charge in [-0.15, -0.1) is 0 Å². The number of hydrogen-bond acceptors (Lipinski definition) is 6. The van der Waals surface area contributed by atoms with Crippen LogP contribution in [-0.2, 0) is 11.2 Å². The van der Waals surface area contributed by atoms with Gasteiger partial charge in [-0.05, 0) is 65.7 Å². The van der Waals surface area contributed by atoms with E-state index >= 15 is 0 Å². The SMILES string of the molecule is COc1ccc(CC(=O)NN=Cc2ccc(OC(=O)c3ccc(Cl)cc3Cl)cc2)cc1OC. The molecule has 33 heavy (non-hydrogen) atoms. The highest BCUT2D eigenvalue weighted by molar-refractivity contribution is 6.36. The molecule has 0 aromatic heterocycles. The van der Waals surface area contributed by atoms with Crippen LogP contribution in [-0.4, -0.2) is 32.3 Å². The lowest BCUT2D eigenvalue weighted by Crippen LogP contribution is -2.19. The Morgan fingerprint density at radius 1 is 0.939 bits per heavy atom. The molecule has 0 spiro atoms. The second-order valence-electron chi connectivity index (χ2n) is 6.74. The molecule has 1 N–H and O–H groups in total. The minimum absolute atomic E-state index is 0.125. The van der Waals surface area contributed by atoms with E-state index in [-0.39, 0.29) is 22.9 Å². The molecule has 1 amide bonds. The molecule has 7 nitrogen and oxygen atoms in total. The van der Waals surface area contributed by atoms with E-state index in [0.717, 1.165) is 5.56 Å². The van der Waals surface area contributed by atoms with Gasteiger partial charge in [0.1, 0.15) is 5.75 Å². The Kier molecular flexibility index (Phi) is 8.29. The Morgan fingerprint density at radius 3 is 2.33 bits per heavy atom. The third-order valence-corrected chi connectivity index (χ3v) is 5.01. The maximum absolute atomic E-state index is 12.3. The molecular formula is C24H20Cl2N2O5. The number of nitrogens with one attached hydrogen (secondary N) is 1. The van der Waals surface area contributed by atoms with Gasteiger partial charge in [0.05, 0.1) is 37.4 Å². The first-order valence-electron chi connectivity index (χ1n) is 9.69. The van der Waals surface area contributed by atoms with Crippen LogP contribution in [0.3, 0.4) is 0 Å². The Bertz CT molecular complexity index is 1180. The van der Waals surface area contributed by atoms with Gasteiger partial charge >= 0.3 is 5.97 Å². The molecule has 170 valence electrons. The predicted octanol–water partition coefficient (Wildman–Crippen LogP) is 4.92. The summed E-state index contributed by atoms with van der Waals surface area (Å²) >= 11 is 11.9. The number of ether oxygens (including phenoxy) is 3. The number of esters is 1. The number of amides is 1.